The van der Waals surface area contributed by atoms with Crippen LogP contribution in [0.3, 0.4) is 0 Å². The second kappa shape index (κ2) is 7.28. The molecule has 0 unspecified atom stereocenters. The summed E-state index contributed by atoms with van der Waals surface area (Å²) in [6, 6.07) is 10.6. The van der Waals surface area contributed by atoms with Crippen molar-refractivity contribution in [3.8, 4) is 0 Å². The second-order valence-electron chi connectivity index (χ2n) is 4.54. The quantitative estimate of drug-likeness (QED) is 0.828. The van der Waals surface area contributed by atoms with Gasteiger partial charge in [0.25, 0.3) is 0 Å². The van der Waals surface area contributed by atoms with Gasteiger partial charge < -0.3 is 14.5 Å². The Hall–Kier alpha value is -2.56. The fraction of sp³-hybridized carbons (Fsp3) is 0.250. The first-order valence-electron chi connectivity index (χ1n) is 6.65. The molecular formula is C16H17NO4. The highest BCUT2D eigenvalue weighted by atomic mass is 16.5. The van der Waals surface area contributed by atoms with E-state index < -0.39 is 0 Å². The van der Waals surface area contributed by atoms with Crippen molar-refractivity contribution in [2.24, 2.45) is 0 Å². The maximum atomic E-state index is 11.7. The standard InChI is InChI=1S/C16H17NO4/c1-20-16(19)13-6-4-12(5-7-13)11-17-15(18)9-8-14-3-2-10-21-14/h2-7,10H,8-9,11H2,1H3,(H,17,18). The molecule has 1 amide bonds. The number of aryl methyl sites for hydroxylation is 1. The normalized spacial score (nSPS) is 10.1. The van der Waals surface area contributed by atoms with Crippen molar-refractivity contribution in [3.05, 3.63) is 59.5 Å². The number of methoxy groups -OCH3 is 1. The zero-order chi connectivity index (χ0) is 15.1. The summed E-state index contributed by atoms with van der Waals surface area (Å²) < 4.78 is 9.79. The van der Waals surface area contributed by atoms with Crippen LogP contribution in [0.15, 0.2) is 47.1 Å². The fourth-order valence-corrected chi connectivity index (χ4v) is 1.86. The zero-order valence-electron chi connectivity index (χ0n) is 11.8. The largest absolute Gasteiger partial charge is 0.469 e. The number of hydrogen-bond acceptors (Lipinski definition) is 4. The number of hydrogen-bond donors (Lipinski definition) is 1. The van der Waals surface area contributed by atoms with Crippen LogP contribution in [0.5, 0.6) is 0 Å². The van der Waals surface area contributed by atoms with Crippen molar-refractivity contribution in [2.75, 3.05) is 7.11 Å². The minimum absolute atomic E-state index is 0.0385. The average Bonchev–Trinajstić information content (AvgIpc) is 3.04. The van der Waals surface area contributed by atoms with Crippen molar-refractivity contribution in [2.45, 2.75) is 19.4 Å². The smallest absolute Gasteiger partial charge is 0.337 e. The summed E-state index contributed by atoms with van der Waals surface area (Å²) in [5, 5.41) is 2.83. The summed E-state index contributed by atoms with van der Waals surface area (Å²) in [5.74, 6) is 0.389. The first kappa shape index (κ1) is 14.8. The molecular weight excluding hydrogens is 270 g/mol. The number of nitrogens with one attached hydrogen (secondary N) is 1. The minimum atomic E-state index is -0.371. The van der Waals surface area contributed by atoms with Crippen molar-refractivity contribution in [3.63, 3.8) is 0 Å². The van der Waals surface area contributed by atoms with Gasteiger partial charge in [-0.25, -0.2) is 4.79 Å². The Kier molecular flexibility index (Phi) is 5.15. The Morgan fingerprint density at radius 3 is 2.57 bits per heavy atom. The molecule has 5 heteroatoms. The molecule has 1 heterocycles. The number of carbonyl (C=O) groups is 2. The molecule has 0 radical (unpaired) electrons. The summed E-state index contributed by atoms with van der Waals surface area (Å²) in [6.07, 6.45) is 2.56. The third-order valence-corrected chi connectivity index (χ3v) is 3.04. The molecule has 110 valence electrons. The van der Waals surface area contributed by atoms with Gasteiger partial charge in [0.05, 0.1) is 18.9 Å². The summed E-state index contributed by atoms with van der Waals surface area (Å²) in [5.41, 5.74) is 1.42. The van der Waals surface area contributed by atoms with Gasteiger partial charge in [-0.05, 0) is 29.8 Å². The molecule has 0 fully saturated rings. The highest BCUT2D eigenvalue weighted by molar-refractivity contribution is 5.89. The van der Waals surface area contributed by atoms with Crippen LogP contribution in [-0.2, 0) is 22.5 Å². The Labute approximate surface area is 122 Å². The van der Waals surface area contributed by atoms with E-state index in [0.29, 0.717) is 24.9 Å². The van der Waals surface area contributed by atoms with E-state index in [1.54, 1.807) is 36.6 Å². The van der Waals surface area contributed by atoms with Crippen molar-refractivity contribution >= 4 is 11.9 Å². The Morgan fingerprint density at radius 2 is 1.95 bits per heavy atom. The third kappa shape index (κ3) is 4.49. The molecule has 0 spiro atoms. The highest BCUT2D eigenvalue weighted by Crippen LogP contribution is 2.06. The first-order valence-corrected chi connectivity index (χ1v) is 6.65. The van der Waals surface area contributed by atoms with Crippen LogP contribution >= 0.6 is 0 Å². The van der Waals surface area contributed by atoms with E-state index in [-0.39, 0.29) is 11.9 Å². The van der Waals surface area contributed by atoms with E-state index in [9.17, 15) is 9.59 Å². The van der Waals surface area contributed by atoms with E-state index >= 15 is 0 Å². The van der Waals surface area contributed by atoms with Crippen LogP contribution in [0.4, 0.5) is 0 Å². The molecule has 0 aliphatic carbocycles. The Balaban J connectivity index is 1.77. The van der Waals surface area contributed by atoms with Gasteiger partial charge in [-0.3, -0.25) is 4.79 Å². The van der Waals surface area contributed by atoms with Crippen LogP contribution in [0.2, 0.25) is 0 Å². The zero-order valence-corrected chi connectivity index (χ0v) is 11.8. The number of ether oxygens (including phenoxy) is 1. The third-order valence-electron chi connectivity index (χ3n) is 3.04. The van der Waals surface area contributed by atoms with E-state index in [0.717, 1.165) is 11.3 Å². The monoisotopic (exact) mass is 287 g/mol. The summed E-state index contributed by atoms with van der Waals surface area (Å²) in [7, 11) is 1.34. The lowest BCUT2D eigenvalue weighted by atomic mass is 10.1. The molecule has 1 aromatic carbocycles. The molecule has 21 heavy (non-hydrogen) atoms. The van der Waals surface area contributed by atoms with E-state index in [2.05, 4.69) is 10.1 Å². The number of rotatable bonds is 6. The summed E-state index contributed by atoms with van der Waals surface area (Å²) >= 11 is 0. The van der Waals surface area contributed by atoms with Gasteiger partial charge in [-0.15, -0.1) is 0 Å². The van der Waals surface area contributed by atoms with E-state index in [1.165, 1.54) is 7.11 Å². The van der Waals surface area contributed by atoms with Gasteiger partial charge in [0, 0.05) is 19.4 Å². The second-order valence-corrected chi connectivity index (χ2v) is 4.54. The number of amides is 1. The van der Waals surface area contributed by atoms with Crippen LogP contribution in [0.25, 0.3) is 0 Å². The number of furan rings is 1. The van der Waals surface area contributed by atoms with Gasteiger partial charge in [0.1, 0.15) is 5.76 Å². The van der Waals surface area contributed by atoms with Crippen LogP contribution in [0, 0.1) is 0 Å². The maximum Gasteiger partial charge on any atom is 0.337 e. The molecule has 0 saturated carbocycles. The molecule has 2 aromatic rings. The minimum Gasteiger partial charge on any atom is -0.469 e. The number of carbonyl (C=O) groups excluding carboxylic acids is 2. The van der Waals surface area contributed by atoms with Gasteiger partial charge in [0.2, 0.25) is 5.91 Å². The molecule has 0 aliphatic heterocycles. The van der Waals surface area contributed by atoms with Gasteiger partial charge >= 0.3 is 5.97 Å². The number of benzene rings is 1. The van der Waals surface area contributed by atoms with Crippen LogP contribution in [-0.4, -0.2) is 19.0 Å². The molecule has 0 bridgehead atoms. The lowest BCUT2D eigenvalue weighted by Crippen LogP contribution is -2.22. The average molecular weight is 287 g/mol. The van der Waals surface area contributed by atoms with Crippen LogP contribution in [0.1, 0.15) is 28.1 Å². The van der Waals surface area contributed by atoms with Crippen LogP contribution < -0.4 is 5.32 Å². The molecule has 0 atom stereocenters. The van der Waals surface area contributed by atoms with Gasteiger partial charge in [-0.2, -0.15) is 0 Å². The van der Waals surface area contributed by atoms with Crippen molar-refractivity contribution < 1.29 is 18.7 Å². The van der Waals surface area contributed by atoms with Crippen molar-refractivity contribution in [1.29, 1.82) is 0 Å². The molecule has 0 saturated heterocycles. The molecule has 5 nitrogen and oxygen atoms in total. The molecule has 2 rings (SSSR count). The van der Waals surface area contributed by atoms with E-state index in [4.69, 9.17) is 4.42 Å². The Morgan fingerprint density at radius 1 is 1.19 bits per heavy atom. The molecule has 1 N–H and O–H groups in total. The predicted molar refractivity (Wildman–Crippen MR) is 76.7 cm³/mol. The lowest BCUT2D eigenvalue weighted by Gasteiger charge is -2.05. The summed E-state index contributed by atoms with van der Waals surface area (Å²) in [6.45, 7) is 0.429. The van der Waals surface area contributed by atoms with Gasteiger partial charge in [0.15, 0.2) is 0 Å². The van der Waals surface area contributed by atoms with Gasteiger partial charge in [-0.1, -0.05) is 12.1 Å². The van der Waals surface area contributed by atoms with E-state index in [1.807, 2.05) is 6.07 Å². The number of esters is 1. The Bertz CT molecular complexity index is 587. The first-order chi connectivity index (χ1) is 10.2. The molecule has 0 aliphatic rings. The molecule has 1 aromatic heterocycles. The SMILES string of the molecule is COC(=O)c1ccc(CNC(=O)CCc2ccco2)cc1. The van der Waals surface area contributed by atoms with Crippen molar-refractivity contribution in [1.82, 2.24) is 5.32 Å². The topological polar surface area (TPSA) is 68.5 Å². The highest BCUT2D eigenvalue weighted by Gasteiger charge is 2.06. The predicted octanol–water partition coefficient (Wildman–Crippen LogP) is 2.32. The lowest BCUT2D eigenvalue weighted by molar-refractivity contribution is -0.121. The maximum absolute atomic E-state index is 11.7. The fourth-order valence-electron chi connectivity index (χ4n) is 1.86. The summed E-state index contributed by atoms with van der Waals surface area (Å²) in [4.78, 5) is 23.0.